The quantitative estimate of drug-likeness (QED) is 0.0176. The van der Waals surface area contributed by atoms with Gasteiger partial charge in [-0.15, -0.1) is 25.3 Å². The molecular weight excluding hydrogens is 993 g/mol. The molecule has 0 aliphatic heterocycles. The summed E-state index contributed by atoms with van der Waals surface area (Å²) in [5, 5.41) is 0.0232. The summed E-state index contributed by atoms with van der Waals surface area (Å²) in [6.07, 6.45) is 60.6. The normalized spacial score (nSPS) is 11.7. The molecule has 0 amide bonds. The molecule has 14 heteroatoms. The summed E-state index contributed by atoms with van der Waals surface area (Å²) in [6, 6.07) is 5.09. The Kier molecular flexibility index (Phi) is 35.5. The molecule has 5 aromatic rings. The maximum absolute atomic E-state index is 11.0. The van der Waals surface area contributed by atoms with Gasteiger partial charge in [0.1, 0.15) is 0 Å². The second-order valence-electron chi connectivity index (χ2n) is 20.3. The fourth-order valence-corrected chi connectivity index (χ4v) is 10.7. The Morgan fingerprint density at radius 1 is 0.338 bits per heavy atom. The van der Waals surface area contributed by atoms with E-state index in [1.165, 1.54) is 152 Å². The summed E-state index contributed by atoms with van der Waals surface area (Å²) < 4.78 is 8.77. The number of hydrogen-bond donors (Lipinski definition) is 4. The van der Waals surface area contributed by atoms with E-state index in [1.54, 1.807) is 22.3 Å². The number of hydrogen-bond acceptors (Lipinski definition) is 8. The number of aromatic nitrogens is 8. The largest absolute Gasteiger partial charge is 0.337 e. The SMILES string of the molecule is O=C(S)CCCCCCCCCC(CCn1ccnc1)=C(CCCCCCCCCC(=O)S)CCn1ccnc1.SCCCCCCc1cc(CCn2ccnc2)c(CCn2ccnc2)cc1CCCCCCS. The number of nitrogens with zero attached hydrogens (tertiary/aromatic N) is 8. The van der Waals surface area contributed by atoms with Gasteiger partial charge in [0.05, 0.1) is 25.3 Å². The molecule has 0 saturated heterocycles. The van der Waals surface area contributed by atoms with Gasteiger partial charge in [-0.05, 0) is 136 Å². The first-order valence-electron chi connectivity index (χ1n) is 28.7. The zero-order valence-corrected chi connectivity index (χ0v) is 48.7. The highest BCUT2D eigenvalue weighted by molar-refractivity contribution is 7.96. The molecule has 0 fully saturated rings. The van der Waals surface area contributed by atoms with Crippen molar-refractivity contribution in [3.8, 4) is 0 Å². The fraction of sp³-hybridized carbons (Fsp3) is 0.633. The van der Waals surface area contributed by atoms with Crippen LogP contribution in [0.15, 0.2) is 98.2 Å². The number of allylic oxidation sites excluding steroid dienone is 2. The number of carbonyl (C=O) groups is 2. The van der Waals surface area contributed by atoms with Crippen molar-refractivity contribution >= 4 is 60.7 Å². The van der Waals surface area contributed by atoms with Crippen molar-refractivity contribution in [2.75, 3.05) is 11.5 Å². The minimum absolute atomic E-state index is 0.0116. The van der Waals surface area contributed by atoms with Crippen LogP contribution in [0.2, 0.25) is 0 Å². The first-order chi connectivity index (χ1) is 36.3. The van der Waals surface area contributed by atoms with Crippen LogP contribution in [0.1, 0.15) is 202 Å². The minimum Gasteiger partial charge on any atom is -0.337 e. The van der Waals surface area contributed by atoms with Crippen LogP contribution in [0.3, 0.4) is 0 Å². The first kappa shape index (κ1) is 63.1. The highest BCUT2D eigenvalue weighted by Gasteiger charge is 2.13. The molecule has 0 radical (unpaired) electrons. The number of carbonyl (C=O) groups excluding carboxylic acids is 2. The van der Waals surface area contributed by atoms with Gasteiger partial charge in [0, 0.05) is 88.6 Å². The number of thiol groups is 4. The van der Waals surface area contributed by atoms with Crippen molar-refractivity contribution in [2.24, 2.45) is 0 Å². The minimum atomic E-state index is 0.0116. The van der Waals surface area contributed by atoms with Crippen LogP contribution >= 0.6 is 50.5 Å². The Hall–Kier alpha value is -3.46. The van der Waals surface area contributed by atoms with Gasteiger partial charge in [-0.3, -0.25) is 9.59 Å². The van der Waals surface area contributed by atoms with Crippen molar-refractivity contribution < 1.29 is 9.59 Å². The van der Waals surface area contributed by atoms with Gasteiger partial charge in [0.2, 0.25) is 0 Å². The Bertz CT molecular complexity index is 2010. The van der Waals surface area contributed by atoms with Gasteiger partial charge in [0.15, 0.2) is 10.2 Å². The molecule has 4 aromatic heterocycles. The van der Waals surface area contributed by atoms with E-state index in [-0.39, 0.29) is 10.2 Å². The van der Waals surface area contributed by atoms with Crippen molar-refractivity contribution in [3.05, 3.63) is 120 Å². The van der Waals surface area contributed by atoms with Crippen molar-refractivity contribution in [2.45, 2.75) is 232 Å². The van der Waals surface area contributed by atoms with Gasteiger partial charge >= 0.3 is 0 Å². The highest BCUT2D eigenvalue weighted by Crippen LogP contribution is 2.28. The predicted octanol–water partition coefficient (Wildman–Crippen LogP) is 15.4. The van der Waals surface area contributed by atoms with Gasteiger partial charge in [-0.25, -0.2) is 19.9 Å². The lowest BCUT2D eigenvalue weighted by Gasteiger charge is -2.18. The molecule has 0 bridgehead atoms. The number of unbranched alkanes of at least 4 members (excludes halogenated alkanes) is 18. The Balaban J connectivity index is 0.000000324. The van der Waals surface area contributed by atoms with Crippen LogP contribution in [0.4, 0.5) is 0 Å². The molecule has 0 N–H and O–H groups in total. The van der Waals surface area contributed by atoms with E-state index in [1.807, 2.05) is 50.1 Å². The van der Waals surface area contributed by atoms with Crippen LogP contribution < -0.4 is 0 Å². The van der Waals surface area contributed by atoms with E-state index < -0.39 is 0 Å². The van der Waals surface area contributed by atoms with Crippen LogP contribution in [-0.2, 0) is 61.5 Å². The van der Waals surface area contributed by atoms with Crippen LogP contribution in [0.5, 0.6) is 0 Å². The molecule has 0 aliphatic carbocycles. The third-order valence-corrected chi connectivity index (χ3v) is 15.4. The smallest absolute Gasteiger partial charge is 0.185 e. The lowest BCUT2D eigenvalue weighted by Crippen LogP contribution is -2.08. The number of imidazole rings is 4. The summed E-state index contributed by atoms with van der Waals surface area (Å²) in [5.41, 5.74) is 9.45. The van der Waals surface area contributed by atoms with Crippen LogP contribution in [0.25, 0.3) is 0 Å². The molecule has 0 aliphatic rings. The number of aryl methyl sites for hydroxylation is 8. The second kappa shape index (κ2) is 41.7. The maximum atomic E-state index is 11.0. The molecule has 5 rings (SSSR count). The van der Waals surface area contributed by atoms with Crippen molar-refractivity contribution in [1.29, 1.82) is 0 Å². The third-order valence-electron chi connectivity index (χ3n) is 14.3. The van der Waals surface area contributed by atoms with Gasteiger partial charge in [-0.2, -0.15) is 25.3 Å². The lowest BCUT2D eigenvalue weighted by atomic mass is 9.89. The molecule has 410 valence electrons. The van der Waals surface area contributed by atoms with E-state index in [4.69, 9.17) is 0 Å². The van der Waals surface area contributed by atoms with Crippen LogP contribution in [0, 0.1) is 0 Å². The van der Waals surface area contributed by atoms with E-state index in [0.717, 1.165) is 89.1 Å². The van der Waals surface area contributed by atoms with E-state index in [0.29, 0.717) is 12.8 Å². The van der Waals surface area contributed by atoms with E-state index >= 15 is 0 Å². The number of benzene rings is 1. The van der Waals surface area contributed by atoms with Crippen LogP contribution in [-0.4, -0.2) is 59.9 Å². The average molecular weight is 1090 g/mol. The highest BCUT2D eigenvalue weighted by atomic mass is 32.1. The summed E-state index contributed by atoms with van der Waals surface area (Å²) in [5.74, 6) is 2.00. The molecule has 74 heavy (non-hydrogen) atoms. The van der Waals surface area contributed by atoms with Gasteiger partial charge in [-0.1, -0.05) is 113 Å². The molecule has 10 nitrogen and oxygen atoms in total. The molecular formula is C60H94N8O2S4. The standard InChI is InChI=1S/C32H52N4O2S2.C28H42N4S2/c37-31(39)17-13-9-5-1-3-7-11-15-29(19-23-35-25-21-33-27-35)30(20-24-36-26-22-34-28-36)16-12-8-4-2-6-10-14-18-32(38)40;33-19-7-3-1-5-9-25-21-27(11-15-31-17-13-29-23-31)28(12-16-32-18-14-30-24-32)22-26(25)10-6-2-4-8-20-34/h21-22,25-28H,1-20,23-24H2,(H,37,39)(H,38,40);13-14,17-18,21-24,33-34H,1-12,15-16,19-20H2. The zero-order chi connectivity index (χ0) is 52.5. The maximum Gasteiger partial charge on any atom is 0.185 e. The fourth-order valence-electron chi connectivity index (χ4n) is 9.94. The van der Waals surface area contributed by atoms with E-state index in [2.05, 4.69) is 126 Å². The molecule has 0 saturated carbocycles. The van der Waals surface area contributed by atoms with Crippen molar-refractivity contribution in [1.82, 2.24) is 38.2 Å². The second-order valence-corrected chi connectivity index (χ2v) is 22.2. The van der Waals surface area contributed by atoms with Gasteiger partial charge < -0.3 is 18.3 Å². The first-order valence-corrected chi connectivity index (χ1v) is 30.8. The monoisotopic (exact) mass is 1090 g/mol. The molecule has 1 aromatic carbocycles. The number of rotatable bonds is 44. The molecule has 0 unspecified atom stereocenters. The Morgan fingerprint density at radius 2 is 0.622 bits per heavy atom. The summed E-state index contributed by atoms with van der Waals surface area (Å²) in [7, 11) is 0. The zero-order valence-electron chi connectivity index (χ0n) is 45.1. The predicted molar refractivity (Wildman–Crippen MR) is 322 cm³/mol. The van der Waals surface area contributed by atoms with Crippen molar-refractivity contribution in [3.63, 3.8) is 0 Å². The topological polar surface area (TPSA) is 105 Å². The van der Waals surface area contributed by atoms with E-state index in [9.17, 15) is 9.59 Å². The third kappa shape index (κ3) is 29.7. The molecule has 0 atom stereocenters. The Labute approximate surface area is 469 Å². The summed E-state index contributed by atoms with van der Waals surface area (Å²) in [6.45, 7) is 3.93. The average Bonchev–Trinajstić information content (AvgIpc) is 4.27. The van der Waals surface area contributed by atoms with Gasteiger partial charge in [0.25, 0.3) is 0 Å². The molecule has 0 spiro atoms. The summed E-state index contributed by atoms with van der Waals surface area (Å²) >= 11 is 16.5. The summed E-state index contributed by atoms with van der Waals surface area (Å²) in [4.78, 5) is 38.9. The molecule has 4 heterocycles. The Morgan fingerprint density at radius 3 is 0.932 bits per heavy atom. The lowest BCUT2D eigenvalue weighted by molar-refractivity contribution is -0.111.